The minimum absolute atomic E-state index is 0.0818. The van der Waals surface area contributed by atoms with Gasteiger partial charge in [0.05, 0.1) is 19.2 Å². The maximum atomic E-state index is 12.5. The molecule has 0 radical (unpaired) electrons. The van der Waals surface area contributed by atoms with Gasteiger partial charge in [0.1, 0.15) is 0 Å². The lowest BCUT2D eigenvalue weighted by atomic mass is 10.0. The summed E-state index contributed by atoms with van der Waals surface area (Å²) in [5, 5.41) is 3.18. The number of carbonyl (C=O) groups is 2. The number of benzene rings is 2. The van der Waals surface area contributed by atoms with E-state index in [9.17, 15) is 9.59 Å². The first-order valence-corrected chi connectivity index (χ1v) is 8.45. The van der Waals surface area contributed by atoms with Crippen molar-refractivity contribution in [1.29, 1.82) is 0 Å². The molecule has 1 amide bonds. The summed E-state index contributed by atoms with van der Waals surface area (Å²) in [6.07, 6.45) is 2.03. The Morgan fingerprint density at radius 2 is 1.88 bits per heavy atom. The lowest BCUT2D eigenvalue weighted by Gasteiger charge is -2.29. The Hall–Kier alpha value is -2.66. The summed E-state index contributed by atoms with van der Waals surface area (Å²) in [5.41, 5.74) is 3.80. The fourth-order valence-corrected chi connectivity index (χ4v) is 3.08. The molecule has 130 valence electrons. The maximum Gasteiger partial charge on any atom is 0.337 e. The fourth-order valence-electron chi connectivity index (χ4n) is 3.08. The smallest absolute Gasteiger partial charge is 0.337 e. The molecule has 5 heteroatoms. The molecule has 1 heterocycles. The predicted octanol–water partition coefficient (Wildman–Crippen LogP) is 2.54. The van der Waals surface area contributed by atoms with Gasteiger partial charge in [0.15, 0.2) is 0 Å². The number of nitrogens with one attached hydrogen (secondary N) is 1. The average Bonchev–Trinajstić information content (AvgIpc) is 2.67. The molecular formula is C20H22N2O3. The average molecular weight is 338 g/mol. The number of anilines is 1. The van der Waals surface area contributed by atoms with Gasteiger partial charge in [0.25, 0.3) is 0 Å². The maximum absolute atomic E-state index is 12.5. The molecule has 0 saturated carbocycles. The molecule has 1 aliphatic heterocycles. The Balaban J connectivity index is 1.54. The van der Waals surface area contributed by atoms with Gasteiger partial charge in [-0.3, -0.25) is 4.79 Å². The zero-order chi connectivity index (χ0) is 17.6. The minimum atomic E-state index is -0.349. The number of amides is 1. The van der Waals surface area contributed by atoms with E-state index in [1.165, 1.54) is 12.7 Å². The highest BCUT2D eigenvalue weighted by Crippen LogP contribution is 2.26. The topological polar surface area (TPSA) is 58.6 Å². The first-order chi connectivity index (χ1) is 12.2. The van der Waals surface area contributed by atoms with Gasteiger partial charge in [0.2, 0.25) is 5.91 Å². The monoisotopic (exact) mass is 338 g/mol. The van der Waals surface area contributed by atoms with Crippen LogP contribution in [0, 0.1) is 0 Å². The molecule has 1 N–H and O–H groups in total. The Morgan fingerprint density at radius 3 is 2.64 bits per heavy atom. The summed E-state index contributed by atoms with van der Waals surface area (Å²) in [6, 6.07) is 15.3. The number of fused-ring (bicyclic) bond motifs is 1. The van der Waals surface area contributed by atoms with E-state index in [-0.39, 0.29) is 18.4 Å². The van der Waals surface area contributed by atoms with Crippen LogP contribution in [-0.2, 0) is 22.5 Å². The van der Waals surface area contributed by atoms with E-state index in [0.717, 1.165) is 30.6 Å². The number of hydrogen-bond donors (Lipinski definition) is 1. The molecule has 0 atom stereocenters. The Kier molecular flexibility index (Phi) is 5.46. The van der Waals surface area contributed by atoms with Crippen LogP contribution in [0.4, 0.5) is 5.69 Å². The van der Waals surface area contributed by atoms with E-state index in [1.54, 1.807) is 12.1 Å². The number of methoxy groups -OCH3 is 1. The molecule has 0 fully saturated rings. The number of ether oxygens (including phenoxy) is 1. The summed E-state index contributed by atoms with van der Waals surface area (Å²) in [7, 11) is 1.36. The Bertz CT molecular complexity index is 756. The lowest BCUT2D eigenvalue weighted by molar-refractivity contribution is -0.117. The Morgan fingerprint density at radius 1 is 1.12 bits per heavy atom. The zero-order valence-electron chi connectivity index (χ0n) is 14.3. The highest BCUT2D eigenvalue weighted by Gasteiger charge is 2.21. The first-order valence-electron chi connectivity index (χ1n) is 8.45. The number of esters is 1. The third-order valence-corrected chi connectivity index (χ3v) is 4.39. The molecule has 5 nitrogen and oxygen atoms in total. The van der Waals surface area contributed by atoms with Crippen molar-refractivity contribution < 1.29 is 14.3 Å². The van der Waals surface area contributed by atoms with Crippen LogP contribution in [0.25, 0.3) is 0 Å². The van der Waals surface area contributed by atoms with Gasteiger partial charge in [-0.1, -0.05) is 30.3 Å². The van der Waals surface area contributed by atoms with Gasteiger partial charge in [-0.25, -0.2) is 4.79 Å². The summed E-state index contributed by atoms with van der Waals surface area (Å²) in [4.78, 5) is 25.8. The molecule has 2 aromatic rings. The van der Waals surface area contributed by atoms with Crippen molar-refractivity contribution in [3.8, 4) is 0 Å². The number of para-hydroxylation sites is 1. The van der Waals surface area contributed by atoms with Gasteiger partial charge >= 0.3 is 5.97 Å². The van der Waals surface area contributed by atoms with Gasteiger partial charge in [-0.15, -0.1) is 0 Å². The summed E-state index contributed by atoms with van der Waals surface area (Å²) in [5.74, 6) is -0.267. The highest BCUT2D eigenvalue weighted by atomic mass is 16.5. The molecule has 0 aliphatic carbocycles. The molecule has 2 aromatic carbocycles. The quantitative estimate of drug-likeness (QED) is 0.851. The number of nitrogens with zero attached hydrogens (tertiary/aromatic N) is 1. The molecule has 1 aliphatic rings. The van der Waals surface area contributed by atoms with Crippen molar-refractivity contribution in [3.63, 3.8) is 0 Å². The Labute approximate surface area is 147 Å². The van der Waals surface area contributed by atoms with E-state index >= 15 is 0 Å². The molecule has 0 spiro atoms. The summed E-state index contributed by atoms with van der Waals surface area (Å²) >= 11 is 0. The van der Waals surface area contributed by atoms with Gasteiger partial charge < -0.3 is 15.0 Å². The summed E-state index contributed by atoms with van der Waals surface area (Å²) < 4.78 is 4.68. The lowest BCUT2D eigenvalue weighted by Crippen LogP contribution is -2.41. The zero-order valence-corrected chi connectivity index (χ0v) is 14.3. The van der Waals surface area contributed by atoms with E-state index in [4.69, 9.17) is 0 Å². The van der Waals surface area contributed by atoms with Gasteiger partial charge in [-0.05, 0) is 42.2 Å². The van der Waals surface area contributed by atoms with Crippen LogP contribution in [0.1, 0.15) is 27.9 Å². The second-order valence-electron chi connectivity index (χ2n) is 6.07. The molecule has 0 saturated heterocycles. The fraction of sp³-hybridized carbons (Fsp3) is 0.300. The van der Waals surface area contributed by atoms with E-state index < -0.39 is 0 Å². The van der Waals surface area contributed by atoms with Crippen molar-refractivity contribution in [2.24, 2.45) is 0 Å². The van der Waals surface area contributed by atoms with Crippen molar-refractivity contribution >= 4 is 17.6 Å². The van der Waals surface area contributed by atoms with E-state index in [2.05, 4.69) is 16.1 Å². The van der Waals surface area contributed by atoms with Crippen LogP contribution in [0.15, 0.2) is 48.5 Å². The third-order valence-electron chi connectivity index (χ3n) is 4.39. The van der Waals surface area contributed by atoms with Gasteiger partial charge in [-0.2, -0.15) is 0 Å². The van der Waals surface area contributed by atoms with E-state index in [1.807, 2.05) is 35.2 Å². The molecule has 0 bridgehead atoms. The van der Waals surface area contributed by atoms with Crippen molar-refractivity contribution in [3.05, 3.63) is 65.2 Å². The number of hydrogen-bond acceptors (Lipinski definition) is 4. The standard InChI is InChI=1S/C20H22N2O3/c1-25-20(24)17-10-8-15(9-11-17)13-21-14-19(23)22-12-4-6-16-5-2-3-7-18(16)22/h2-3,5,7-11,21H,4,6,12-14H2,1H3. The number of carbonyl (C=O) groups excluding carboxylic acids is 2. The molecule has 25 heavy (non-hydrogen) atoms. The second kappa shape index (κ2) is 7.94. The number of rotatable bonds is 5. The molecule has 0 aromatic heterocycles. The van der Waals surface area contributed by atoms with E-state index in [0.29, 0.717) is 12.1 Å². The van der Waals surface area contributed by atoms with Crippen LogP contribution in [0.3, 0.4) is 0 Å². The molecule has 3 rings (SSSR count). The van der Waals surface area contributed by atoms with Crippen LogP contribution in [0.5, 0.6) is 0 Å². The first kappa shape index (κ1) is 17.2. The minimum Gasteiger partial charge on any atom is -0.465 e. The largest absolute Gasteiger partial charge is 0.465 e. The normalized spacial score (nSPS) is 13.2. The number of aryl methyl sites for hydroxylation is 1. The van der Waals surface area contributed by atoms with Crippen LogP contribution < -0.4 is 10.2 Å². The summed E-state index contributed by atoms with van der Waals surface area (Å²) in [6.45, 7) is 1.63. The third kappa shape index (κ3) is 4.06. The van der Waals surface area contributed by atoms with Crippen molar-refractivity contribution in [2.45, 2.75) is 19.4 Å². The molecular weight excluding hydrogens is 316 g/mol. The van der Waals surface area contributed by atoms with Crippen molar-refractivity contribution in [1.82, 2.24) is 5.32 Å². The molecule has 0 unspecified atom stereocenters. The SMILES string of the molecule is COC(=O)c1ccc(CNCC(=O)N2CCCc3ccccc32)cc1. The van der Waals surface area contributed by atoms with Crippen LogP contribution in [0.2, 0.25) is 0 Å². The van der Waals surface area contributed by atoms with Gasteiger partial charge in [0, 0.05) is 18.8 Å². The van der Waals surface area contributed by atoms with Crippen LogP contribution >= 0.6 is 0 Å². The predicted molar refractivity (Wildman–Crippen MR) is 96.6 cm³/mol. The van der Waals surface area contributed by atoms with Crippen LogP contribution in [-0.4, -0.2) is 32.1 Å². The second-order valence-corrected chi connectivity index (χ2v) is 6.07. The van der Waals surface area contributed by atoms with Crippen molar-refractivity contribution in [2.75, 3.05) is 25.1 Å². The highest BCUT2D eigenvalue weighted by molar-refractivity contribution is 5.96.